The topological polar surface area (TPSA) is 376 Å². The van der Waals surface area contributed by atoms with Crippen LogP contribution >= 0.6 is 23.1 Å². The number of thiazole rings is 1. The van der Waals surface area contributed by atoms with Crippen molar-refractivity contribution in [2.75, 3.05) is 11.5 Å². The molecule has 2 atom stereocenters. The molecule has 16 N–H and O–H groups in total. The second-order valence-electron chi connectivity index (χ2n) is 8.58. The van der Waals surface area contributed by atoms with Crippen LogP contribution in [-0.4, -0.2) is 105 Å². The standard InChI is InChI=1S/C22H22N6O7S2.6H2O/c1-22(2,20(33)34)35-26-13(12-10-37-21(23)24-12)16(29)25-14-17(30)28-15(19(31)32)11(9-36-18(14)28)8-27-6-4-3-5-7-27;;;;;;/h3-7,10,14,18H,8-9H2,1-2H3,(H4-,23,24,25,29,31,32,33,34);6*1H2/b26-13-;;;;;;/t14-,18-;;;;;;/m1....../s1. The minimum atomic E-state index is -1.75. The molecule has 19 nitrogen and oxygen atoms in total. The van der Waals surface area contributed by atoms with E-state index in [2.05, 4.69) is 15.5 Å². The molecule has 0 saturated carbocycles. The Hall–Kier alpha value is -4.22. The van der Waals surface area contributed by atoms with Gasteiger partial charge in [-0.2, -0.15) is 0 Å². The van der Waals surface area contributed by atoms with Crippen LogP contribution in [0.3, 0.4) is 0 Å². The van der Waals surface area contributed by atoms with E-state index in [4.69, 9.17) is 10.6 Å². The molecule has 2 aromatic rings. The summed E-state index contributed by atoms with van der Waals surface area (Å²) >= 11 is 2.35. The molecule has 2 aliphatic heterocycles. The van der Waals surface area contributed by atoms with Gasteiger partial charge in [0.2, 0.25) is 5.60 Å². The van der Waals surface area contributed by atoms with Crippen molar-refractivity contribution >= 4 is 57.7 Å². The Morgan fingerprint density at radius 1 is 1.16 bits per heavy atom. The van der Waals surface area contributed by atoms with Crippen LogP contribution in [0.15, 0.2) is 52.4 Å². The van der Waals surface area contributed by atoms with Crippen molar-refractivity contribution in [1.82, 2.24) is 15.2 Å². The van der Waals surface area contributed by atoms with E-state index >= 15 is 0 Å². The summed E-state index contributed by atoms with van der Waals surface area (Å²) in [6.45, 7) is 2.80. The number of pyridine rings is 1. The Balaban J connectivity index is -0.00000267. The molecule has 2 aliphatic rings. The fraction of sp³-hybridized carbons (Fsp3) is 0.318. The van der Waals surface area contributed by atoms with E-state index in [1.165, 1.54) is 35.9 Å². The van der Waals surface area contributed by atoms with Gasteiger partial charge < -0.3 is 59.0 Å². The lowest BCUT2D eigenvalue weighted by atomic mass is 10.0. The molecule has 4 rings (SSSR count). The SMILES string of the molecule is CC(C)(O/N=C(\C(=O)N[C@@H]1C(=O)N2C(C(=O)O)=C(C[n+]3ccccc3)CS[C@H]12)c1csc(N)n1)C(=O)O.O.O.O.O.O.[OH-]. The van der Waals surface area contributed by atoms with Crippen molar-refractivity contribution in [2.45, 2.75) is 37.4 Å². The third-order valence-electron chi connectivity index (χ3n) is 5.55. The van der Waals surface area contributed by atoms with Gasteiger partial charge in [0.25, 0.3) is 11.8 Å². The highest BCUT2D eigenvalue weighted by atomic mass is 32.2. The number of carbonyl (C=O) groups is 4. The van der Waals surface area contributed by atoms with Gasteiger partial charge in [0, 0.05) is 28.8 Å². The lowest BCUT2D eigenvalue weighted by molar-refractivity contribution is -0.689. The minimum Gasteiger partial charge on any atom is -0.870 e. The molecule has 1 fully saturated rings. The van der Waals surface area contributed by atoms with E-state index in [1.54, 1.807) is 12.4 Å². The smallest absolute Gasteiger partial charge is 0.352 e. The molecule has 21 heteroatoms. The maximum absolute atomic E-state index is 13.1. The summed E-state index contributed by atoms with van der Waals surface area (Å²) in [6, 6.07) is 4.44. The third-order valence-corrected chi connectivity index (χ3v) is 7.56. The van der Waals surface area contributed by atoms with Gasteiger partial charge in [0.15, 0.2) is 29.8 Å². The number of rotatable bonds is 9. The Morgan fingerprint density at radius 3 is 2.28 bits per heavy atom. The number of nitrogens with one attached hydrogen (secondary N) is 1. The summed E-state index contributed by atoms with van der Waals surface area (Å²) in [5, 5.41) is 26.3. The number of carboxylic acids is 2. The second-order valence-corrected chi connectivity index (χ2v) is 10.6. The molecular formula is C22H34N6O13S2. The average Bonchev–Trinajstić information content (AvgIpc) is 3.28. The lowest BCUT2D eigenvalue weighted by Gasteiger charge is -2.49. The molecule has 0 spiro atoms. The quantitative estimate of drug-likeness (QED) is 0.0867. The number of thioether (sulfide) groups is 1. The summed E-state index contributed by atoms with van der Waals surface area (Å²) < 4.78 is 1.81. The van der Waals surface area contributed by atoms with Crippen LogP contribution in [0.25, 0.3) is 0 Å². The number of hydrogen-bond donors (Lipinski definition) is 4. The van der Waals surface area contributed by atoms with Crippen molar-refractivity contribution in [3.8, 4) is 0 Å². The van der Waals surface area contributed by atoms with Crippen LogP contribution in [0, 0.1) is 0 Å². The van der Waals surface area contributed by atoms with Gasteiger partial charge in [-0.15, -0.1) is 23.1 Å². The Kier molecular flexibility index (Phi) is 17.1. The van der Waals surface area contributed by atoms with E-state index < -0.39 is 40.8 Å². The number of hydrogen-bond acceptors (Lipinski definition) is 11. The van der Waals surface area contributed by atoms with Crippen LogP contribution in [-0.2, 0) is 30.6 Å². The number of carbonyl (C=O) groups excluding carboxylic acids is 2. The van der Waals surface area contributed by atoms with Crippen molar-refractivity contribution in [3.63, 3.8) is 0 Å². The normalized spacial score (nSPS) is 16.9. The van der Waals surface area contributed by atoms with Crippen LogP contribution in [0.1, 0.15) is 19.5 Å². The number of β-lactam (4-membered cyclic amide) rings is 1. The summed E-state index contributed by atoms with van der Waals surface area (Å²) in [5.74, 6) is -3.66. The number of carboxylic acid groups (broad SMARTS) is 2. The minimum absolute atomic E-state index is 0. The van der Waals surface area contributed by atoms with E-state index in [0.717, 1.165) is 11.3 Å². The van der Waals surface area contributed by atoms with E-state index in [-0.39, 0.29) is 55.1 Å². The van der Waals surface area contributed by atoms with Crippen LogP contribution in [0.4, 0.5) is 5.13 Å². The summed E-state index contributed by atoms with van der Waals surface area (Å²) in [7, 11) is 0. The van der Waals surface area contributed by atoms with Crippen molar-refractivity contribution in [1.29, 1.82) is 0 Å². The largest absolute Gasteiger partial charge is 0.870 e. The van der Waals surface area contributed by atoms with Gasteiger partial charge >= 0.3 is 11.9 Å². The van der Waals surface area contributed by atoms with E-state index in [0.29, 0.717) is 17.9 Å². The van der Waals surface area contributed by atoms with Gasteiger partial charge in [0.05, 0.1) is 0 Å². The summed E-state index contributed by atoms with van der Waals surface area (Å²) in [4.78, 5) is 59.9. The summed E-state index contributed by atoms with van der Waals surface area (Å²) in [5.41, 5.74) is 4.04. The number of oxime groups is 1. The zero-order valence-electron chi connectivity index (χ0n) is 22.6. The van der Waals surface area contributed by atoms with Crippen molar-refractivity contribution in [3.05, 3.63) is 52.9 Å². The van der Waals surface area contributed by atoms with Crippen LogP contribution in [0.2, 0.25) is 0 Å². The van der Waals surface area contributed by atoms with Gasteiger partial charge in [-0.05, 0) is 13.8 Å². The molecule has 0 aliphatic carbocycles. The molecule has 2 aromatic heterocycles. The Morgan fingerprint density at radius 2 is 1.77 bits per heavy atom. The predicted molar refractivity (Wildman–Crippen MR) is 152 cm³/mol. The maximum Gasteiger partial charge on any atom is 0.352 e. The highest BCUT2D eigenvalue weighted by molar-refractivity contribution is 8.00. The molecule has 0 unspecified atom stereocenters. The molecule has 4 heterocycles. The molecule has 0 aromatic carbocycles. The maximum atomic E-state index is 13.1. The third kappa shape index (κ3) is 8.89. The first-order valence-corrected chi connectivity index (χ1v) is 12.8. The second kappa shape index (κ2) is 17.0. The monoisotopic (exact) mass is 654 g/mol. The molecule has 242 valence electrons. The van der Waals surface area contributed by atoms with Gasteiger partial charge in [-0.3, -0.25) is 14.5 Å². The molecule has 0 radical (unpaired) electrons. The highest BCUT2D eigenvalue weighted by Gasteiger charge is 2.54. The van der Waals surface area contributed by atoms with Gasteiger partial charge in [-0.1, -0.05) is 11.2 Å². The van der Waals surface area contributed by atoms with Gasteiger partial charge in [-0.25, -0.2) is 19.1 Å². The molecular weight excluding hydrogens is 620 g/mol. The Labute approximate surface area is 251 Å². The molecule has 1 saturated heterocycles. The van der Waals surface area contributed by atoms with Crippen molar-refractivity contribution in [2.24, 2.45) is 5.16 Å². The first-order valence-electron chi connectivity index (χ1n) is 10.9. The fourth-order valence-corrected chi connectivity index (χ4v) is 5.46. The number of amides is 2. The van der Waals surface area contributed by atoms with Crippen molar-refractivity contribution < 1.29 is 71.7 Å². The first-order chi connectivity index (χ1) is 17.5. The predicted octanol–water partition coefficient (Wildman–Crippen LogP) is -4.26. The van der Waals surface area contributed by atoms with Crippen LogP contribution < -0.4 is 15.6 Å². The molecule has 0 bridgehead atoms. The average molecular weight is 655 g/mol. The Bertz CT molecular complexity index is 1340. The van der Waals surface area contributed by atoms with E-state index in [1.807, 2.05) is 22.8 Å². The fourth-order valence-electron chi connectivity index (χ4n) is 3.57. The number of aliphatic carboxylic acids is 2. The first kappa shape index (κ1) is 43.2. The zero-order valence-corrected chi connectivity index (χ0v) is 24.2. The summed E-state index contributed by atoms with van der Waals surface area (Å²) in [6.07, 6.45) is 3.59. The lowest BCUT2D eigenvalue weighted by Crippen LogP contribution is -2.71. The van der Waals surface area contributed by atoms with Crippen LogP contribution in [0.5, 0.6) is 0 Å². The number of nitrogen functional groups attached to an aromatic ring is 1. The van der Waals surface area contributed by atoms with E-state index in [9.17, 15) is 29.4 Å². The molecule has 2 amide bonds. The number of anilines is 1. The number of nitrogens with two attached hydrogens (primary N) is 1. The number of nitrogens with zero attached hydrogens (tertiary/aromatic N) is 4. The number of aromatic nitrogens is 2. The zero-order chi connectivity index (χ0) is 26.9. The number of fused-ring (bicyclic) bond motifs is 1. The van der Waals surface area contributed by atoms with Gasteiger partial charge in [0.1, 0.15) is 22.8 Å². The highest BCUT2D eigenvalue weighted by Crippen LogP contribution is 2.40. The molecule has 43 heavy (non-hydrogen) atoms.